The molecule has 0 aromatic heterocycles. The second-order valence-electron chi connectivity index (χ2n) is 5.40. The molecule has 3 heteroatoms. The number of alkyl halides is 1. The normalized spacial score (nSPS) is 12.7. The maximum Gasteiger partial charge on any atom is 0.0645 e. The van der Waals surface area contributed by atoms with Gasteiger partial charge in [-0.15, -0.1) is 0 Å². The Morgan fingerprint density at radius 1 is 0.850 bits per heavy atom. The van der Waals surface area contributed by atoms with Crippen LogP contribution in [0.1, 0.15) is 35.4 Å². The maximum atomic E-state index is 3.80. The first-order valence-electron chi connectivity index (χ1n) is 6.64. The van der Waals surface area contributed by atoms with Gasteiger partial charge in [0.25, 0.3) is 0 Å². The lowest BCUT2D eigenvalue weighted by Gasteiger charge is -2.13. The predicted octanol–water partition coefficient (Wildman–Crippen LogP) is 6.89. The van der Waals surface area contributed by atoms with Crippen molar-refractivity contribution in [2.75, 3.05) is 0 Å². The highest BCUT2D eigenvalue weighted by atomic mass is 79.9. The fraction of sp³-hybridized carbons (Fsp3) is 0.294. The van der Waals surface area contributed by atoms with Crippen LogP contribution in [0.3, 0.4) is 0 Å². The smallest absolute Gasteiger partial charge is 0.0645 e. The first-order chi connectivity index (χ1) is 9.45. The minimum atomic E-state index is 0.212. The lowest BCUT2D eigenvalue weighted by molar-refractivity contribution is 0.647. The Hall–Kier alpha value is -0.120. The zero-order chi connectivity index (χ0) is 14.7. The average Bonchev–Trinajstić information content (AvgIpc) is 2.37. The molecule has 0 N–H and O–H groups in total. The van der Waals surface area contributed by atoms with Crippen LogP contribution < -0.4 is 0 Å². The molecule has 0 aliphatic rings. The fourth-order valence-corrected chi connectivity index (χ4v) is 4.11. The molecule has 2 aromatic carbocycles. The molecule has 0 fully saturated rings. The van der Waals surface area contributed by atoms with E-state index in [1.165, 1.54) is 16.7 Å². The van der Waals surface area contributed by atoms with Crippen LogP contribution in [-0.2, 0) is 6.42 Å². The van der Waals surface area contributed by atoms with Crippen LogP contribution in [-0.4, -0.2) is 0 Å². The first kappa shape index (κ1) is 16.3. The van der Waals surface area contributed by atoms with Gasteiger partial charge in [0.1, 0.15) is 0 Å². The summed E-state index contributed by atoms with van der Waals surface area (Å²) in [5.74, 6) is 0.696. The standard InChI is InChI=1S/C17H17Br3/c1-11(2)7-12-3-5-13(6-4-12)17(20)14-8-15(18)10-16(19)9-14/h3-6,8-11,17H,7H2,1-2H3. The van der Waals surface area contributed by atoms with Crippen LogP contribution in [0.2, 0.25) is 0 Å². The van der Waals surface area contributed by atoms with E-state index in [9.17, 15) is 0 Å². The third kappa shape index (κ3) is 4.44. The van der Waals surface area contributed by atoms with Crippen LogP contribution in [0, 0.1) is 5.92 Å². The monoisotopic (exact) mass is 458 g/mol. The van der Waals surface area contributed by atoms with Gasteiger partial charge in [-0.3, -0.25) is 0 Å². The van der Waals surface area contributed by atoms with Gasteiger partial charge in [-0.2, -0.15) is 0 Å². The van der Waals surface area contributed by atoms with Crippen molar-refractivity contribution >= 4 is 47.8 Å². The molecule has 0 saturated heterocycles. The lowest BCUT2D eigenvalue weighted by atomic mass is 9.99. The summed E-state index contributed by atoms with van der Waals surface area (Å²) in [5.41, 5.74) is 3.92. The molecule has 0 saturated carbocycles. The molecule has 0 heterocycles. The van der Waals surface area contributed by atoms with Crippen LogP contribution in [0.5, 0.6) is 0 Å². The predicted molar refractivity (Wildman–Crippen MR) is 97.6 cm³/mol. The molecular weight excluding hydrogens is 444 g/mol. The summed E-state index contributed by atoms with van der Waals surface area (Å²) in [5, 5.41) is 0. The first-order valence-corrected chi connectivity index (χ1v) is 9.15. The Labute approximate surface area is 146 Å². The molecule has 0 aliphatic heterocycles. The largest absolute Gasteiger partial charge is 0.0786 e. The van der Waals surface area contributed by atoms with Gasteiger partial charge >= 0.3 is 0 Å². The summed E-state index contributed by atoms with van der Waals surface area (Å²) in [7, 11) is 0. The molecular formula is C17H17Br3. The van der Waals surface area contributed by atoms with Gasteiger partial charge < -0.3 is 0 Å². The Bertz CT molecular complexity index is 553. The Balaban J connectivity index is 2.22. The fourth-order valence-electron chi connectivity index (χ4n) is 2.21. The molecule has 2 aromatic rings. The van der Waals surface area contributed by atoms with E-state index in [2.05, 4.69) is 104 Å². The summed E-state index contributed by atoms with van der Waals surface area (Å²) >= 11 is 10.9. The zero-order valence-corrected chi connectivity index (χ0v) is 16.3. The third-order valence-electron chi connectivity index (χ3n) is 3.09. The highest BCUT2D eigenvalue weighted by Gasteiger charge is 2.11. The molecule has 0 nitrogen and oxygen atoms in total. The number of halogens is 3. The minimum Gasteiger partial charge on any atom is -0.0786 e. The summed E-state index contributed by atoms with van der Waals surface area (Å²) in [6.45, 7) is 4.50. The molecule has 0 spiro atoms. The van der Waals surface area contributed by atoms with E-state index in [1.807, 2.05) is 0 Å². The highest BCUT2D eigenvalue weighted by molar-refractivity contribution is 9.11. The van der Waals surface area contributed by atoms with Crippen molar-refractivity contribution in [3.63, 3.8) is 0 Å². The summed E-state index contributed by atoms with van der Waals surface area (Å²) in [6.07, 6.45) is 1.13. The van der Waals surface area contributed by atoms with Gasteiger partial charge in [-0.25, -0.2) is 0 Å². The van der Waals surface area contributed by atoms with Gasteiger partial charge in [0, 0.05) is 8.95 Å². The molecule has 20 heavy (non-hydrogen) atoms. The Kier molecular flexibility index (Phi) is 5.88. The van der Waals surface area contributed by atoms with Crippen LogP contribution in [0.15, 0.2) is 51.4 Å². The molecule has 1 atom stereocenters. The second kappa shape index (κ2) is 7.24. The van der Waals surface area contributed by atoms with Gasteiger partial charge in [0.05, 0.1) is 4.83 Å². The van der Waals surface area contributed by atoms with Crippen molar-refractivity contribution in [3.05, 3.63) is 68.1 Å². The minimum absolute atomic E-state index is 0.212. The molecule has 1 unspecified atom stereocenters. The number of hydrogen-bond acceptors (Lipinski definition) is 0. The quantitative estimate of drug-likeness (QED) is 0.435. The van der Waals surface area contributed by atoms with Crippen molar-refractivity contribution in [2.24, 2.45) is 5.92 Å². The molecule has 0 aliphatic carbocycles. The Morgan fingerprint density at radius 3 is 1.90 bits per heavy atom. The molecule has 0 bridgehead atoms. The maximum absolute atomic E-state index is 3.80. The molecule has 2 rings (SSSR count). The summed E-state index contributed by atoms with van der Waals surface area (Å²) < 4.78 is 2.17. The summed E-state index contributed by atoms with van der Waals surface area (Å²) in [6, 6.07) is 15.2. The van der Waals surface area contributed by atoms with Gasteiger partial charge in [0.15, 0.2) is 0 Å². The topological polar surface area (TPSA) is 0 Å². The summed E-state index contributed by atoms with van der Waals surface area (Å²) in [4.78, 5) is 0.212. The van der Waals surface area contributed by atoms with Gasteiger partial charge in [-0.05, 0) is 47.2 Å². The number of rotatable bonds is 4. The molecule has 0 amide bonds. The van der Waals surface area contributed by atoms with Crippen molar-refractivity contribution in [3.8, 4) is 0 Å². The lowest BCUT2D eigenvalue weighted by Crippen LogP contribution is -1.96. The number of hydrogen-bond donors (Lipinski definition) is 0. The van der Waals surface area contributed by atoms with E-state index in [4.69, 9.17) is 0 Å². The number of benzene rings is 2. The van der Waals surface area contributed by atoms with Gasteiger partial charge in [-0.1, -0.05) is 85.9 Å². The van der Waals surface area contributed by atoms with Crippen molar-refractivity contribution in [1.82, 2.24) is 0 Å². The molecule has 0 radical (unpaired) electrons. The van der Waals surface area contributed by atoms with Gasteiger partial charge in [0.2, 0.25) is 0 Å². The van der Waals surface area contributed by atoms with Crippen molar-refractivity contribution in [2.45, 2.75) is 25.1 Å². The van der Waals surface area contributed by atoms with Crippen LogP contribution >= 0.6 is 47.8 Å². The third-order valence-corrected chi connectivity index (χ3v) is 5.07. The van der Waals surface area contributed by atoms with Crippen molar-refractivity contribution in [1.29, 1.82) is 0 Å². The average molecular weight is 461 g/mol. The van der Waals surface area contributed by atoms with Crippen LogP contribution in [0.4, 0.5) is 0 Å². The Morgan fingerprint density at radius 2 is 1.40 bits per heavy atom. The van der Waals surface area contributed by atoms with E-state index < -0.39 is 0 Å². The molecule has 106 valence electrons. The van der Waals surface area contributed by atoms with E-state index in [0.717, 1.165) is 15.4 Å². The van der Waals surface area contributed by atoms with E-state index >= 15 is 0 Å². The van der Waals surface area contributed by atoms with E-state index in [0.29, 0.717) is 5.92 Å². The van der Waals surface area contributed by atoms with Crippen LogP contribution in [0.25, 0.3) is 0 Å². The second-order valence-corrected chi connectivity index (χ2v) is 8.15. The van der Waals surface area contributed by atoms with Crippen molar-refractivity contribution < 1.29 is 0 Å². The van der Waals surface area contributed by atoms with E-state index in [-0.39, 0.29) is 4.83 Å². The zero-order valence-electron chi connectivity index (χ0n) is 11.5. The SMILES string of the molecule is CC(C)Cc1ccc(C(Br)c2cc(Br)cc(Br)c2)cc1. The van der Waals surface area contributed by atoms with E-state index in [1.54, 1.807) is 0 Å². The highest BCUT2D eigenvalue weighted by Crippen LogP contribution is 2.34.